The normalized spacial score (nSPS) is 8.50. The Morgan fingerprint density at radius 1 is 0.625 bits per heavy atom. The molecule has 0 aliphatic carbocycles. The van der Waals surface area contributed by atoms with Crippen LogP contribution in [0, 0.1) is 0 Å². The number of hydrogen-bond acceptors (Lipinski definition) is 2. The fourth-order valence-corrected chi connectivity index (χ4v) is 1.22. The molecule has 0 saturated heterocycles. The van der Waals surface area contributed by atoms with Crippen molar-refractivity contribution in [1.29, 1.82) is 0 Å². The summed E-state index contributed by atoms with van der Waals surface area (Å²) in [6.45, 7) is 8.00. The summed E-state index contributed by atoms with van der Waals surface area (Å²) in [6.07, 6.45) is 0. The number of hydrogen-bond donors (Lipinski definition) is 2. The molecule has 2 nitrogen and oxygen atoms in total. The Bertz CT molecular complexity index is 385. The molecular formula is C14H20O2. The molecule has 0 heterocycles. The number of rotatable bonds is 0. The van der Waals surface area contributed by atoms with E-state index < -0.39 is 0 Å². The summed E-state index contributed by atoms with van der Waals surface area (Å²) in [5, 5.41) is 20.1. The monoisotopic (exact) mass is 220 g/mol. The Hall–Kier alpha value is -1.70. The lowest BCUT2D eigenvalue weighted by atomic mass is 10.1. The van der Waals surface area contributed by atoms with E-state index in [0.717, 1.165) is 10.8 Å². The van der Waals surface area contributed by atoms with Crippen molar-refractivity contribution in [3.8, 4) is 11.5 Å². The third kappa shape index (κ3) is 3.81. The van der Waals surface area contributed by atoms with E-state index in [9.17, 15) is 0 Å². The highest BCUT2D eigenvalue weighted by Gasteiger charge is 1.95. The van der Waals surface area contributed by atoms with Crippen LogP contribution in [-0.4, -0.2) is 10.2 Å². The lowest BCUT2D eigenvalue weighted by Crippen LogP contribution is -1.71. The van der Waals surface area contributed by atoms with E-state index in [4.69, 9.17) is 10.2 Å². The first-order chi connectivity index (χ1) is 7.75. The summed E-state index contributed by atoms with van der Waals surface area (Å²) in [5.74, 6) is 0.432. The van der Waals surface area contributed by atoms with Crippen LogP contribution < -0.4 is 0 Å². The van der Waals surface area contributed by atoms with Crippen LogP contribution in [0.15, 0.2) is 36.4 Å². The Balaban J connectivity index is 0.000000509. The molecule has 0 unspecified atom stereocenters. The third-order valence-corrected chi connectivity index (χ3v) is 1.81. The molecule has 0 bridgehead atoms. The highest BCUT2D eigenvalue weighted by molar-refractivity contribution is 5.84. The molecule has 0 radical (unpaired) electrons. The summed E-state index contributed by atoms with van der Waals surface area (Å²) in [4.78, 5) is 0. The Kier molecular flexibility index (Phi) is 6.77. The minimum atomic E-state index is 0.216. The Labute approximate surface area is 97.2 Å². The molecule has 0 atom stereocenters. The molecule has 0 saturated carbocycles. The van der Waals surface area contributed by atoms with Gasteiger partial charge in [0.1, 0.15) is 11.5 Å². The number of benzene rings is 2. The van der Waals surface area contributed by atoms with Crippen LogP contribution in [0.1, 0.15) is 27.7 Å². The van der Waals surface area contributed by atoms with E-state index in [2.05, 4.69) is 0 Å². The highest BCUT2D eigenvalue weighted by Crippen LogP contribution is 2.23. The van der Waals surface area contributed by atoms with E-state index in [1.165, 1.54) is 0 Å². The number of phenols is 2. The van der Waals surface area contributed by atoms with Crippen molar-refractivity contribution in [2.75, 3.05) is 0 Å². The van der Waals surface area contributed by atoms with E-state index in [1.54, 1.807) is 24.3 Å². The summed E-state index contributed by atoms with van der Waals surface area (Å²) >= 11 is 0. The summed E-state index contributed by atoms with van der Waals surface area (Å²) in [7, 11) is 0. The first kappa shape index (κ1) is 14.3. The number of aromatic hydroxyl groups is 2. The lowest BCUT2D eigenvalue weighted by molar-refractivity contribution is 0.474. The number of phenolic OH excluding ortho intramolecular Hbond substituents is 2. The fraction of sp³-hybridized carbons (Fsp3) is 0.286. The van der Waals surface area contributed by atoms with Crippen LogP contribution in [0.5, 0.6) is 11.5 Å². The molecule has 2 aromatic carbocycles. The SMILES string of the molecule is CC.CC.Oc1ccc2ccc(O)cc2c1. The van der Waals surface area contributed by atoms with Gasteiger partial charge in [-0.3, -0.25) is 0 Å². The average molecular weight is 220 g/mol. The van der Waals surface area contributed by atoms with Crippen molar-refractivity contribution in [3.63, 3.8) is 0 Å². The van der Waals surface area contributed by atoms with Gasteiger partial charge in [0.05, 0.1) is 0 Å². The maximum atomic E-state index is 9.14. The second-order valence-electron chi connectivity index (χ2n) is 2.72. The molecule has 2 N–H and O–H groups in total. The van der Waals surface area contributed by atoms with Gasteiger partial charge in [-0.1, -0.05) is 39.8 Å². The largest absolute Gasteiger partial charge is 0.508 e. The van der Waals surface area contributed by atoms with Crippen molar-refractivity contribution in [3.05, 3.63) is 36.4 Å². The molecular weight excluding hydrogens is 200 g/mol. The topological polar surface area (TPSA) is 40.5 Å². The summed E-state index contributed by atoms with van der Waals surface area (Å²) < 4.78 is 0. The first-order valence-corrected chi connectivity index (χ1v) is 5.67. The fourth-order valence-electron chi connectivity index (χ4n) is 1.22. The van der Waals surface area contributed by atoms with Gasteiger partial charge < -0.3 is 10.2 Å². The zero-order valence-corrected chi connectivity index (χ0v) is 10.4. The molecule has 0 fully saturated rings. The van der Waals surface area contributed by atoms with E-state index in [-0.39, 0.29) is 11.5 Å². The molecule has 0 aromatic heterocycles. The van der Waals surface area contributed by atoms with Gasteiger partial charge in [0.15, 0.2) is 0 Å². The predicted octanol–water partition coefficient (Wildman–Crippen LogP) is 4.30. The predicted molar refractivity (Wildman–Crippen MR) is 70.0 cm³/mol. The van der Waals surface area contributed by atoms with E-state index in [0.29, 0.717) is 0 Å². The molecule has 0 aliphatic heterocycles. The summed E-state index contributed by atoms with van der Waals surface area (Å²) in [5.41, 5.74) is 0. The molecule has 0 amide bonds. The first-order valence-electron chi connectivity index (χ1n) is 5.67. The van der Waals surface area contributed by atoms with Gasteiger partial charge in [-0.25, -0.2) is 0 Å². The maximum absolute atomic E-state index is 9.14. The second-order valence-corrected chi connectivity index (χ2v) is 2.72. The number of fused-ring (bicyclic) bond motifs is 1. The highest BCUT2D eigenvalue weighted by atomic mass is 16.3. The smallest absolute Gasteiger partial charge is 0.116 e. The zero-order chi connectivity index (χ0) is 12.6. The molecule has 0 spiro atoms. The molecule has 2 aromatic rings. The van der Waals surface area contributed by atoms with Crippen LogP contribution in [0.4, 0.5) is 0 Å². The van der Waals surface area contributed by atoms with E-state index in [1.807, 2.05) is 39.8 Å². The van der Waals surface area contributed by atoms with Crippen molar-refractivity contribution in [1.82, 2.24) is 0 Å². The molecule has 2 heteroatoms. The van der Waals surface area contributed by atoms with Gasteiger partial charge >= 0.3 is 0 Å². The van der Waals surface area contributed by atoms with Crippen LogP contribution in [0.25, 0.3) is 10.8 Å². The van der Waals surface area contributed by atoms with Gasteiger partial charge in [0.2, 0.25) is 0 Å². The third-order valence-electron chi connectivity index (χ3n) is 1.81. The van der Waals surface area contributed by atoms with Crippen molar-refractivity contribution in [2.45, 2.75) is 27.7 Å². The van der Waals surface area contributed by atoms with Gasteiger partial charge in [-0.15, -0.1) is 0 Å². The van der Waals surface area contributed by atoms with Gasteiger partial charge in [0.25, 0.3) is 0 Å². The van der Waals surface area contributed by atoms with E-state index >= 15 is 0 Å². The lowest BCUT2D eigenvalue weighted by Gasteiger charge is -1.98. The minimum absolute atomic E-state index is 0.216. The van der Waals surface area contributed by atoms with Crippen molar-refractivity contribution < 1.29 is 10.2 Å². The van der Waals surface area contributed by atoms with Gasteiger partial charge in [-0.05, 0) is 35.0 Å². The van der Waals surface area contributed by atoms with Crippen LogP contribution >= 0.6 is 0 Å². The molecule has 88 valence electrons. The second kappa shape index (κ2) is 7.57. The van der Waals surface area contributed by atoms with Crippen molar-refractivity contribution in [2.24, 2.45) is 0 Å². The quantitative estimate of drug-likeness (QED) is 0.694. The molecule has 2 rings (SSSR count). The van der Waals surface area contributed by atoms with Gasteiger partial charge in [-0.2, -0.15) is 0 Å². The van der Waals surface area contributed by atoms with Gasteiger partial charge in [0, 0.05) is 0 Å². The standard InChI is InChI=1S/C10H8O2.2C2H6/c11-9-3-1-7-2-4-10(12)6-8(7)5-9;2*1-2/h1-6,11-12H;2*1-2H3. The maximum Gasteiger partial charge on any atom is 0.116 e. The Morgan fingerprint density at radius 2 is 1.00 bits per heavy atom. The minimum Gasteiger partial charge on any atom is -0.508 e. The van der Waals surface area contributed by atoms with Crippen molar-refractivity contribution >= 4 is 10.8 Å². The van der Waals surface area contributed by atoms with Crippen LogP contribution in [-0.2, 0) is 0 Å². The van der Waals surface area contributed by atoms with Crippen LogP contribution in [0.2, 0.25) is 0 Å². The average Bonchev–Trinajstić information content (AvgIpc) is 2.33. The molecule has 16 heavy (non-hydrogen) atoms. The summed E-state index contributed by atoms with van der Waals surface area (Å²) in [6, 6.07) is 10.1. The van der Waals surface area contributed by atoms with Crippen LogP contribution in [0.3, 0.4) is 0 Å². The Morgan fingerprint density at radius 3 is 1.38 bits per heavy atom. The molecule has 0 aliphatic rings. The zero-order valence-electron chi connectivity index (χ0n) is 10.4.